The first-order chi connectivity index (χ1) is 12.7. The van der Waals surface area contributed by atoms with Crippen LogP contribution >= 0.6 is 0 Å². The van der Waals surface area contributed by atoms with Crippen molar-refractivity contribution in [3.63, 3.8) is 0 Å². The van der Waals surface area contributed by atoms with Crippen LogP contribution < -0.4 is 0 Å². The van der Waals surface area contributed by atoms with E-state index in [0.717, 1.165) is 15.3 Å². The second-order valence-corrected chi connectivity index (χ2v) is 8.22. The first kappa shape index (κ1) is 17.9. The summed E-state index contributed by atoms with van der Waals surface area (Å²) in [6.45, 7) is 1.26. The number of nitrogens with zero attached hydrogens (tertiary/aromatic N) is 4. The van der Waals surface area contributed by atoms with Crippen molar-refractivity contribution in [3.05, 3.63) is 54.1 Å². The van der Waals surface area contributed by atoms with Gasteiger partial charge in [-0.05, 0) is 29.8 Å². The van der Waals surface area contributed by atoms with Gasteiger partial charge < -0.3 is 4.57 Å². The molecule has 0 saturated heterocycles. The normalized spacial score (nSPS) is 18.6. The largest absolute Gasteiger partial charge is 0.451 e. The lowest BCUT2D eigenvalue weighted by molar-refractivity contribution is -0.147. The standard InChI is InChI=1S/C17H15F3N4O2S/c1-11-15-21-22-16(17(18,19)20)23(15)8-9-24(11)27(25,26)14-7-6-12-4-2-3-5-13(12)10-14/h2-7,10-11H,8-9H2,1H3. The Morgan fingerprint density at radius 2 is 1.74 bits per heavy atom. The Bertz CT molecular complexity index is 1120. The molecule has 0 bridgehead atoms. The van der Waals surface area contributed by atoms with Gasteiger partial charge in [-0.3, -0.25) is 0 Å². The summed E-state index contributed by atoms with van der Waals surface area (Å²) < 4.78 is 67.4. The van der Waals surface area contributed by atoms with E-state index >= 15 is 0 Å². The van der Waals surface area contributed by atoms with Crippen molar-refractivity contribution in [2.24, 2.45) is 0 Å². The first-order valence-electron chi connectivity index (χ1n) is 8.20. The third-order valence-electron chi connectivity index (χ3n) is 4.71. The molecule has 0 fully saturated rings. The van der Waals surface area contributed by atoms with Crippen molar-refractivity contribution in [1.29, 1.82) is 0 Å². The van der Waals surface area contributed by atoms with Gasteiger partial charge in [-0.15, -0.1) is 10.2 Å². The highest BCUT2D eigenvalue weighted by Gasteiger charge is 2.43. The fourth-order valence-electron chi connectivity index (χ4n) is 3.37. The van der Waals surface area contributed by atoms with Gasteiger partial charge in [-0.1, -0.05) is 30.3 Å². The molecular formula is C17H15F3N4O2S. The van der Waals surface area contributed by atoms with E-state index in [1.165, 1.54) is 17.3 Å². The van der Waals surface area contributed by atoms with Gasteiger partial charge in [0.25, 0.3) is 0 Å². The summed E-state index contributed by atoms with van der Waals surface area (Å²) in [5.41, 5.74) is 0. The average Bonchev–Trinajstić information content (AvgIpc) is 3.07. The Morgan fingerprint density at radius 1 is 1.04 bits per heavy atom. The van der Waals surface area contributed by atoms with Crippen LogP contribution in [0.25, 0.3) is 10.8 Å². The molecule has 0 N–H and O–H groups in total. The van der Waals surface area contributed by atoms with E-state index in [1.54, 1.807) is 18.2 Å². The van der Waals surface area contributed by atoms with Gasteiger partial charge in [0, 0.05) is 13.1 Å². The zero-order valence-corrected chi connectivity index (χ0v) is 15.0. The second kappa shape index (κ2) is 6.03. The highest BCUT2D eigenvalue weighted by atomic mass is 32.2. The Kier molecular flexibility index (Phi) is 4.00. The minimum Gasteiger partial charge on any atom is -0.305 e. The molecule has 4 rings (SSSR count). The molecule has 0 saturated carbocycles. The van der Waals surface area contributed by atoms with E-state index in [1.807, 2.05) is 18.2 Å². The fraction of sp³-hybridized carbons (Fsp3) is 0.294. The predicted molar refractivity (Wildman–Crippen MR) is 91.3 cm³/mol. The number of hydrogen-bond donors (Lipinski definition) is 0. The zero-order valence-electron chi connectivity index (χ0n) is 14.2. The molecule has 0 aliphatic carbocycles. The minimum absolute atomic E-state index is 0.0158. The van der Waals surface area contributed by atoms with Crippen molar-refractivity contribution in [1.82, 2.24) is 19.1 Å². The number of benzene rings is 2. The molecular weight excluding hydrogens is 381 g/mol. The molecule has 0 amide bonds. The minimum atomic E-state index is -4.63. The monoisotopic (exact) mass is 396 g/mol. The molecule has 0 spiro atoms. The van der Waals surface area contributed by atoms with E-state index in [9.17, 15) is 21.6 Å². The summed E-state index contributed by atoms with van der Waals surface area (Å²) >= 11 is 0. The Balaban J connectivity index is 1.73. The number of fused-ring (bicyclic) bond motifs is 2. The summed E-state index contributed by atoms with van der Waals surface area (Å²) in [5, 5.41) is 8.48. The lowest BCUT2D eigenvalue weighted by Gasteiger charge is -2.32. The average molecular weight is 396 g/mol. The van der Waals surface area contributed by atoms with Gasteiger partial charge in [0.15, 0.2) is 5.82 Å². The molecule has 0 radical (unpaired) electrons. The van der Waals surface area contributed by atoms with Crippen LogP contribution in [0.15, 0.2) is 47.4 Å². The molecule has 1 aliphatic heterocycles. The molecule has 142 valence electrons. The van der Waals surface area contributed by atoms with Crippen LogP contribution in [-0.4, -0.2) is 34.0 Å². The van der Waals surface area contributed by atoms with E-state index in [4.69, 9.17) is 0 Å². The number of halogens is 3. The zero-order chi connectivity index (χ0) is 19.4. The number of aromatic nitrogens is 3. The van der Waals surface area contributed by atoms with Gasteiger partial charge in [0.1, 0.15) is 0 Å². The van der Waals surface area contributed by atoms with Gasteiger partial charge >= 0.3 is 6.18 Å². The second-order valence-electron chi connectivity index (χ2n) is 6.33. The fourth-order valence-corrected chi connectivity index (χ4v) is 4.99. The van der Waals surface area contributed by atoms with Crippen LogP contribution in [-0.2, 0) is 22.7 Å². The molecule has 1 aromatic heterocycles. The van der Waals surface area contributed by atoms with Crippen molar-refractivity contribution in [2.45, 2.75) is 30.6 Å². The van der Waals surface area contributed by atoms with Gasteiger partial charge in [0.2, 0.25) is 15.8 Å². The van der Waals surface area contributed by atoms with Crippen molar-refractivity contribution in [2.75, 3.05) is 6.54 Å². The lowest BCUT2D eigenvalue weighted by atomic mass is 10.1. The number of hydrogen-bond acceptors (Lipinski definition) is 4. The summed E-state index contributed by atoms with van der Waals surface area (Å²) in [6.07, 6.45) is -4.63. The molecule has 1 aliphatic rings. The highest BCUT2D eigenvalue weighted by molar-refractivity contribution is 7.89. The number of alkyl halides is 3. The predicted octanol–water partition coefficient (Wildman–Crippen LogP) is 3.22. The summed E-state index contributed by atoms with van der Waals surface area (Å²) in [7, 11) is -3.90. The number of sulfonamides is 1. The quantitative estimate of drug-likeness (QED) is 0.667. The highest BCUT2D eigenvalue weighted by Crippen LogP contribution is 2.35. The third-order valence-corrected chi connectivity index (χ3v) is 6.68. The molecule has 3 aromatic rings. The molecule has 2 aromatic carbocycles. The smallest absolute Gasteiger partial charge is 0.305 e. The topological polar surface area (TPSA) is 68.1 Å². The molecule has 1 atom stereocenters. The van der Waals surface area contributed by atoms with Crippen molar-refractivity contribution < 1.29 is 21.6 Å². The number of rotatable bonds is 2. The maximum absolute atomic E-state index is 13.1. The Hall–Kier alpha value is -2.46. The third kappa shape index (κ3) is 2.88. The van der Waals surface area contributed by atoms with Crippen LogP contribution in [0.1, 0.15) is 24.6 Å². The van der Waals surface area contributed by atoms with Gasteiger partial charge in [-0.25, -0.2) is 8.42 Å². The maximum atomic E-state index is 13.1. The van der Waals surface area contributed by atoms with Crippen LogP contribution in [0, 0.1) is 0 Å². The Labute approximate surface area is 153 Å². The summed E-state index contributed by atoms with van der Waals surface area (Å²) in [5.74, 6) is -1.12. The lowest BCUT2D eigenvalue weighted by Crippen LogP contribution is -2.41. The van der Waals surface area contributed by atoms with Crippen LogP contribution in [0.4, 0.5) is 13.2 Å². The summed E-state index contributed by atoms with van der Waals surface area (Å²) in [6, 6.07) is 11.3. The summed E-state index contributed by atoms with van der Waals surface area (Å²) in [4.78, 5) is 0.0945. The van der Waals surface area contributed by atoms with E-state index < -0.39 is 28.1 Å². The van der Waals surface area contributed by atoms with E-state index in [-0.39, 0.29) is 23.8 Å². The molecule has 2 heterocycles. The molecule has 10 heteroatoms. The SMILES string of the molecule is CC1c2nnc(C(F)(F)F)n2CCN1S(=O)(=O)c1ccc2ccccc2c1. The van der Waals surface area contributed by atoms with Crippen LogP contribution in [0.5, 0.6) is 0 Å². The van der Waals surface area contributed by atoms with Crippen LogP contribution in [0.2, 0.25) is 0 Å². The first-order valence-corrected chi connectivity index (χ1v) is 9.64. The van der Waals surface area contributed by atoms with Crippen molar-refractivity contribution in [3.8, 4) is 0 Å². The van der Waals surface area contributed by atoms with Gasteiger partial charge in [0.05, 0.1) is 10.9 Å². The molecule has 27 heavy (non-hydrogen) atoms. The molecule has 6 nitrogen and oxygen atoms in total. The Morgan fingerprint density at radius 3 is 2.44 bits per heavy atom. The van der Waals surface area contributed by atoms with E-state index in [0.29, 0.717) is 0 Å². The maximum Gasteiger partial charge on any atom is 0.451 e. The van der Waals surface area contributed by atoms with Crippen LogP contribution in [0.3, 0.4) is 0 Å². The van der Waals surface area contributed by atoms with E-state index in [2.05, 4.69) is 10.2 Å². The molecule has 1 unspecified atom stereocenters. The van der Waals surface area contributed by atoms with Crippen molar-refractivity contribution >= 4 is 20.8 Å². The van der Waals surface area contributed by atoms with Gasteiger partial charge in [-0.2, -0.15) is 17.5 Å².